The third-order valence-electron chi connectivity index (χ3n) is 2.57. The lowest BCUT2D eigenvalue weighted by molar-refractivity contribution is -0.274. The third kappa shape index (κ3) is 5.79. The fraction of sp³-hybridized carbons (Fsp3) is 0.429. The Kier molecular flexibility index (Phi) is 5.42. The number of hydrogen-bond acceptors (Lipinski definition) is 2. The number of likely N-dealkylation sites (N-methyl/N-ethyl adjacent to an activating group) is 1. The van der Waals surface area contributed by atoms with E-state index in [0.717, 1.165) is 5.57 Å². The maximum Gasteiger partial charge on any atom is 0.573 e. The van der Waals surface area contributed by atoms with E-state index >= 15 is 0 Å². The monoisotopic (exact) mass is 273 g/mol. The third-order valence-corrected chi connectivity index (χ3v) is 2.57. The Morgan fingerprint density at radius 3 is 2.58 bits per heavy atom. The Hall–Kier alpha value is -1.49. The Morgan fingerprint density at radius 2 is 2.05 bits per heavy atom. The molecule has 0 saturated heterocycles. The molecule has 0 saturated carbocycles. The second-order valence-electron chi connectivity index (χ2n) is 4.52. The molecule has 1 N–H and O–H groups in total. The number of ether oxygens (including phenoxy) is 1. The number of benzene rings is 1. The fourth-order valence-electron chi connectivity index (χ4n) is 1.64. The molecule has 0 bridgehead atoms. The van der Waals surface area contributed by atoms with Gasteiger partial charge in [0, 0.05) is 6.54 Å². The largest absolute Gasteiger partial charge is 0.573 e. The van der Waals surface area contributed by atoms with Gasteiger partial charge in [-0.15, -0.1) is 13.2 Å². The molecule has 0 amide bonds. The SMILES string of the molecule is CNC/C(=C/c1cccc(OC(F)(F)F)c1)C(C)C. The van der Waals surface area contributed by atoms with Crippen molar-refractivity contribution < 1.29 is 17.9 Å². The Labute approximate surface area is 111 Å². The van der Waals surface area contributed by atoms with Crippen LogP contribution in [0, 0.1) is 5.92 Å². The summed E-state index contributed by atoms with van der Waals surface area (Å²) in [6.45, 7) is 4.78. The second-order valence-corrected chi connectivity index (χ2v) is 4.52. The van der Waals surface area contributed by atoms with Crippen molar-refractivity contribution in [2.45, 2.75) is 20.2 Å². The van der Waals surface area contributed by atoms with Crippen LogP contribution in [0.4, 0.5) is 13.2 Å². The molecule has 1 rings (SSSR count). The average Bonchev–Trinajstić information content (AvgIpc) is 2.26. The number of hydrogen-bond donors (Lipinski definition) is 1. The van der Waals surface area contributed by atoms with Crippen LogP contribution in [-0.2, 0) is 0 Å². The highest BCUT2D eigenvalue weighted by atomic mass is 19.4. The van der Waals surface area contributed by atoms with Gasteiger partial charge in [-0.2, -0.15) is 0 Å². The predicted molar refractivity (Wildman–Crippen MR) is 69.9 cm³/mol. The van der Waals surface area contributed by atoms with Crippen LogP contribution in [-0.4, -0.2) is 20.0 Å². The molecule has 0 aliphatic rings. The molecule has 0 heterocycles. The molecule has 1 aromatic carbocycles. The predicted octanol–water partition coefficient (Wildman–Crippen LogP) is 3.84. The summed E-state index contributed by atoms with van der Waals surface area (Å²) in [5.74, 6) is 0.119. The molecule has 2 nitrogen and oxygen atoms in total. The molecule has 0 atom stereocenters. The molecule has 106 valence electrons. The van der Waals surface area contributed by atoms with Gasteiger partial charge in [-0.25, -0.2) is 0 Å². The lowest BCUT2D eigenvalue weighted by Crippen LogP contribution is -2.17. The molecule has 0 aliphatic carbocycles. The van der Waals surface area contributed by atoms with E-state index in [4.69, 9.17) is 0 Å². The Morgan fingerprint density at radius 1 is 1.37 bits per heavy atom. The fourth-order valence-corrected chi connectivity index (χ4v) is 1.64. The topological polar surface area (TPSA) is 21.3 Å². The lowest BCUT2D eigenvalue weighted by atomic mass is 10.0. The molecule has 1 aromatic rings. The van der Waals surface area contributed by atoms with Gasteiger partial charge in [0.05, 0.1) is 0 Å². The molecule has 0 aromatic heterocycles. The quantitative estimate of drug-likeness (QED) is 0.880. The van der Waals surface area contributed by atoms with Crippen molar-refractivity contribution in [3.8, 4) is 5.75 Å². The van der Waals surface area contributed by atoms with E-state index in [2.05, 4.69) is 10.1 Å². The van der Waals surface area contributed by atoms with Crippen molar-refractivity contribution in [1.29, 1.82) is 0 Å². The van der Waals surface area contributed by atoms with Crippen molar-refractivity contribution in [2.75, 3.05) is 13.6 Å². The van der Waals surface area contributed by atoms with Crippen LogP contribution >= 0.6 is 0 Å². The van der Waals surface area contributed by atoms with Gasteiger partial charge in [-0.3, -0.25) is 0 Å². The first-order valence-corrected chi connectivity index (χ1v) is 6.02. The van der Waals surface area contributed by atoms with E-state index in [9.17, 15) is 13.2 Å². The van der Waals surface area contributed by atoms with E-state index < -0.39 is 6.36 Å². The maximum absolute atomic E-state index is 12.1. The van der Waals surface area contributed by atoms with E-state index in [-0.39, 0.29) is 5.75 Å². The summed E-state index contributed by atoms with van der Waals surface area (Å²) in [4.78, 5) is 0. The van der Waals surface area contributed by atoms with Crippen molar-refractivity contribution in [1.82, 2.24) is 5.32 Å². The number of alkyl halides is 3. The summed E-state index contributed by atoms with van der Waals surface area (Å²) in [6.07, 6.45) is -2.78. The molecule has 5 heteroatoms. The zero-order chi connectivity index (χ0) is 14.5. The van der Waals surface area contributed by atoms with Crippen LogP contribution in [0.25, 0.3) is 6.08 Å². The smallest absolute Gasteiger partial charge is 0.406 e. The zero-order valence-corrected chi connectivity index (χ0v) is 11.2. The Bertz CT molecular complexity index is 439. The van der Waals surface area contributed by atoms with Crippen molar-refractivity contribution in [3.05, 3.63) is 35.4 Å². The highest BCUT2D eigenvalue weighted by Crippen LogP contribution is 2.24. The van der Waals surface area contributed by atoms with E-state index in [1.807, 2.05) is 27.0 Å². The van der Waals surface area contributed by atoms with Gasteiger partial charge in [-0.1, -0.05) is 37.6 Å². The minimum Gasteiger partial charge on any atom is -0.406 e. The highest BCUT2D eigenvalue weighted by molar-refractivity contribution is 5.55. The van der Waals surface area contributed by atoms with Crippen molar-refractivity contribution >= 4 is 6.08 Å². The van der Waals surface area contributed by atoms with Gasteiger partial charge in [0.2, 0.25) is 0 Å². The first kappa shape index (κ1) is 15.6. The normalized spacial score (nSPS) is 12.9. The number of nitrogens with one attached hydrogen (secondary N) is 1. The minimum absolute atomic E-state index is 0.200. The number of rotatable bonds is 5. The average molecular weight is 273 g/mol. The molecule has 0 radical (unpaired) electrons. The first-order chi connectivity index (χ1) is 8.81. The summed E-state index contributed by atoms with van der Waals surface area (Å²) in [5.41, 5.74) is 1.81. The van der Waals surface area contributed by atoms with Gasteiger partial charge in [0.15, 0.2) is 0 Å². The van der Waals surface area contributed by atoms with Crippen molar-refractivity contribution in [2.24, 2.45) is 5.92 Å². The van der Waals surface area contributed by atoms with Crippen LogP contribution in [0.5, 0.6) is 5.75 Å². The van der Waals surface area contributed by atoms with E-state index in [1.165, 1.54) is 12.1 Å². The molecule has 0 unspecified atom stereocenters. The van der Waals surface area contributed by atoms with E-state index in [0.29, 0.717) is 18.0 Å². The van der Waals surface area contributed by atoms with Crippen LogP contribution < -0.4 is 10.1 Å². The van der Waals surface area contributed by atoms with Gasteiger partial charge < -0.3 is 10.1 Å². The zero-order valence-electron chi connectivity index (χ0n) is 11.2. The van der Waals surface area contributed by atoms with Crippen LogP contribution in [0.3, 0.4) is 0 Å². The second kappa shape index (κ2) is 6.61. The molecule has 0 aliphatic heterocycles. The van der Waals surface area contributed by atoms with Crippen LogP contribution in [0.2, 0.25) is 0 Å². The van der Waals surface area contributed by atoms with Gasteiger partial charge in [0.1, 0.15) is 5.75 Å². The molecule has 19 heavy (non-hydrogen) atoms. The van der Waals surface area contributed by atoms with E-state index in [1.54, 1.807) is 12.1 Å². The maximum atomic E-state index is 12.1. The summed E-state index contributed by atoms with van der Waals surface area (Å²) < 4.78 is 40.3. The lowest BCUT2D eigenvalue weighted by Gasteiger charge is -2.12. The van der Waals surface area contributed by atoms with Crippen LogP contribution in [0.15, 0.2) is 29.8 Å². The number of halogens is 3. The minimum atomic E-state index is -4.66. The molecular formula is C14H18F3NO. The van der Waals surface area contributed by atoms with Crippen molar-refractivity contribution in [3.63, 3.8) is 0 Å². The Balaban J connectivity index is 2.95. The molecule has 0 spiro atoms. The summed E-state index contributed by atoms with van der Waals surface area (Å²) in [5, 5.41) is 3.04. The summed E-state index contributed by atoms with van der Waals surface area (Å²) >= 11 is 0. The first-order valence-electron chi connectivity index (χ1n) is 6.02. The standard InChI is InChI=1S/C14H18F3NO/c1-10(2)12(9-18-3)7-11-5-4-6-13(8-11)19-14(15,16)17/h4-8,10,18H,9H2,1-3H3/b12-7-. The highest BCUT2D eigenvalue weighted by Gasteiger charge is 2.31. The molecular weight excluding hydrogens is 255 g/mol. The van der Waals surface area contributed by atoms with Gasteiger partial charge >= 0.3 is 6.36 Å². The van der Waals surface area contributed by atoms with Gasteiger partial charge in [-0.05, 0) is 30.7 Å². The summed E-state index contributed by atoms with van der Waals surface area (Å²) in [7, 11) is 1.83. The summed E-state index contributed by atoms with van der Waals surface area (Å²) in [6, 6.07) is 5.97. The van der Waals surface area contributed by atoms with Gasteiger partial charge in [0.25, 0.3) is 0 Å². The molecule has 0 fully saturated rings. The van der Waals surface area contributed by atoms with Crippen LogP contribution in [0.1, 0.15) is 19.4 Å².